The number of rotatable bonds is 8. The van der Waals surface area contributed by atoms with Gasteiger partial charge in [-0.2, -0.15) is 5.26 Å². The van der Waals surface area contributed by atoms with Crippen molar-refractivity contribution in [2.24, 2.45) is 5.92 Å². The summed E-state index contributed by atoms with van der Waals surface area (Å²) in [5.74, 6) is 0.641. The molecule has 2 aromatic carbocycles. The molecule has 0 radical (unpaired) electrons. The molecule has 2 heterocycles. The molecule has 0 bridgehead atoms. The normalized spacial score (nSPS) is 17.9. The summed E-state index contributed by atoms with van der Waals surface area (Å²) in [5, 5.41) is 20.3. The number of carbonyl (C=O) groups is 1. The molecule has 3 aromatic rings. The minimum Gasteiger partial charge on any atom is -0.381 e. The number of benzene rings is 2. The minimum absolute atomic E-state index is 0.224. The van der Waals surface area contributed by atoms with Gasteiger partial charge in [0, 0.05) is 48.6 Å². The fraction of sp³-hybridized carbons (Fsp3) is 0.393. The van der Waals surface area contributed by atoms with Crippen LogP contribution in [0.15, 0.2) is 59.1 Å². The minimum atomic E-state index is -0.833. The van der Waals surface area contributed by atoms with Crippen LogP contribution in [0.5, 0.6) is 0 Å². The van der Waals surface area contributed by atoms with Crippen molar-refractivity contribution in [3.8, 4) is 28.7 Å². The Morgan fingerprint density at radius 2 is 1.86 bits per heavy atom. The number of hydrogen-bond donors (Lipinski definition) is 2. The van der Waals surface area contributed by atoms with Gasteiger partial charge in [0.05, 0.1) is 6.07 Å². The second kappa shape index (κ2) is 10.0. The second-order valence-corrected chi connectivity index (χ2v) is 9.66. The molecule has 2 aliphatic rings. The van der Waals surface area contributed by atoms with Crippen molar-refractivity contribution in [1.82, 2.24) is 15.8 Å². The summed E-state index contributed by atoms with van der Waals surface area (Å²) in [6, 6.07) is 20.2. The molecule has 2 N–H and O–H groups in total. The first-order chi connectivity index (χ1) is 17.0. The van der Waals surface area contributed by atoms with E-state index in [9.17, 15) is 10.1 Å². The zero-order chi connectivity index (χ0) is 24.3. The van der Waals surface area contributed by atoms with E-state index < -0.39 is 5.54 Å². The lowest BCUT2D eigenvalue weighted by Crippen LogP contribution is -2.46. The van der Waals surface area contributed by atoms with Crippen LogP contribution in [0.25, 0.3) is 22.6 Å². The molecule has 1 saturated heterocycles. The smallest absolute Gasteiger partial charge is 0.252 e. The first kappa shape index (κ1) is 23.3. The van der Waals surface area contributed by atoms with Gasteiger partial charge in [0.2, 0.25) is 0 Å². The summed E-state index contributed by atoms with van der Waals surface area (Å²) >= 11 is 0. The van der Waals surface area contributed by atoms with Gasteiger partial charge in [0.1, 0.15) is 11.2 Å². The van der Waals surface area contributed by atoms with Crippen LogP contribution in [-0.2, 0) is 11.3 Å². The van der Waals surface area contributed by atoms with Gasteiger partial charge in [-0.1, -0.05) is 41.6 Å². The third kappa shape index (κ3) is 5.45. The maximum absolute atomic E-state index is 12.8. The zero-order valence-corrected chi connectivity index (χ0v) is 19.9. The van der Waals surface area contributed by atoms with E-state index in [2.05, 4.69) is 34.0 Å². The molecule has 180 valence electrons. The van der Waals surface area contributed by atoms with Crippen molar-refractivity contribution >= 4 is 5.91 Å². The SMILES string of the molecule is CC(C#N)(NC(=O)c1cccc(-c2cc(-c3ccc(CNC4CCOCC4)cc3)on2)c1)C1CC1. The van der Waals surface area contributed by atoms with Gasteiger partial charge in [-0.05, 0) is 56.2 Å². The maximum Gasteiger partial charge on any atom is 0.252 e. The Kier molecular flexibility index (Phi) is 6.67. The van der Waals surface area contributed by atoms with Crippen LogP contribution in [-0.4, -0.2) is 35.9 Å². The van der Waals surface area contributed by atoms with Crippen molar-refractivity contribution < 1.29 is 14.1 Å². The van der Waals surface area contributed by atoms with Crippen LogP contribution in [0.3, 0.4) is 0 Å². The molecule has 7 heteroatoms. The molecule has 35 heavy (non-hydrogen) atoms. The van der Waals surface area contributed by atoms with Crippen LogP contribution >= 0.6 is 0 Å². The van der Waals surface area contributed by atoms with Gasteiger partial charge < -0.3 is 19.9 Å². The number of aromatic nitrogens is 1. The summed E-state index contributed by atoms with van der Waals surface area (Å²) in [6.45, 7) is 4.28. The Labute approximate surface area is 205 Å². The van der Waals surface area contributed by atoms with E-state index >= 15 is 0 Å². The Hall–Kier alpha value is -3.47. The second-order valence-electron chi connectivity index (χ2n) is 9.66. The molecule has 1 aromatic heterocycles. The highest BCUT2D eigenvalue weighted by atomic mass is 16.5. The fourth-order valence-electron chi connectivity index (χ4n) is 4.51. The van der Waals surface area contributed by atoms with E-state index in [-0.39, 0.29) is 11.8 Å². The van der Waals surface area contributed by atoms with Crippen molar-refractivity contribution in [3.63, 3.8) is 0 Å². The first-order valence-corrected chi connectivity index (χ1v) is 12.3. The van der Waals surface area contributed by atoms with Crippen molar-refractivity contribution in [2.45, 2.75) is 50.7 Å². The van der Waals surface area contributed by atoms with Crippen LogP contribution in [0.2, 0.25) is 0 Å². The number of amides is 1. The Bertz CT molecular complexity index is 1220. The lowest BCUT2D eigenvalue weighted by atomic mass is 9.97. The number of hydrogen-bond acceptors (Lipinski definition) is 6. The summed E-state index contributed by atoms with van der Waals surface area (Å²) in [6.07, 6.45) is 4.05. The lowest BCUT2D eigenvalue weighted by Gasteiger charge is -2.23. The molecule has 7 nitrogen and oxygen atoms in total. The Morgan fingerprint density at radius 3 is 2.57 bits per heavy atom. The van der Waals surface area contributed by atoms with E-state index in [0.29, 0.717) is 23.1 Å². The average Bonchev–Trinajstić information content (AvgIpc) is 3.66. The quantitative estimate of drug-likeness (QED) is 0.495. The molecule has 5 rings (SSSR count). The number of nitrogens with one attached hydrogen (secondary N) is 2. The third-order valence-electron chi connectivity index (χ3n) is 6.98. The average molecular weight is 471 g/mol. The molecule has 1 atom stereocenters. The van der Waals surface area contributed by atoms with Gasteiger partial charge in [-0.25, -0.2) is 0 Å². The number of carbonyl (C=O) groups excluding carboxylic acids is 1. The maximum atomic E-state index is 12.8. The molecule has 2 fully saturated rings. The van der Waals surface area contributed by atoms with Crippen LogP contribution in [0.4, 0.5) is 0 Å². The molecule has 1 unspecified atom stereocenters. The molecular formula is C28H30N4O3. The molecular weight excluding hydrogens is 440 g/mol. The number of ether oxygens (including phenoxy) is 1. The van der Waals surface area contributed by atoms with Crippen LogP contribution < -0.4 is 10.6 Å². The van der Waals surface area contributed by atoms with E-state index in [1.807, 2.05) is 30.3 Å². The summed E-state index contributed by atoms with van der Waals surface area (Å²) < 4.78 is 11.0. The van der Waals surface area contributed by atoms with Crippen LogP contribution in [0, 0.1) is 17.2 Å². The molecule has 0 spiro atoms. The monoisotopic (exact) mass is 470 g/mol. The topological polar surface area (TPSA) is 100 Å². The lowest BCUT2D eigenvalue weighted by molar-refractivity contribution is 0.0776. The van der Waals surface area contributed by atoms with E-state index in [1.165, 1.54) is 5.56 Å². The van der Waals surface area contributed by atoms with Crippen molar-refractivity contribution in [2.75, 3.05) is 13.2 Å². The molecule has 1 aliphatic heterocycles. The first-order valence-electron chi connectivity index (χ1n) is 12.3. The van der Waals surface area contributed by atoms with E-state index in [0.717, 1.165) is 56.6 Å². The van der Waals surface area contributed by atoms with Gasteiger partial charge in [0.25, 0.3) is 5.91 Å². The van der Waals surface area contributed by atoms with Crippen LogP contribution in [0.1, 0.15) is 48.5 Å². The predicted molar refractivity (Wildman–Crippen MR) is 132 cm³/mol. The molecule has 1 saturated carbocycles. The van der Waals surface area contributed by atoms with Crippen molar-refractivity contribution in [3.05, 3.63) is 65.7 Å². The number of nitrogens with zero attached hydrogens (tertiary/aromatic N) is 2. The Balaban J connectivity index is 1.24. The van der Waals surface area contributed by atoms with E-state index in [1.54, 1.807) is 19.1 Å². The summed E-state index contributed by atoms with van der Waals surface area (Å²) in [7, 11) is 0. The summed E-state index contributed by atoms with van der Waals surface area (Å²) in [5.41, 5.74) is 3.27. The third-order valence-corrected chi connectivity index (χ3v) is 6.98. The molecule has 1 amide bonds. The van der Waals surface area contributed by atoms with Gasteiger partial charge >= 0.3 is 0 Å². The van der Waals surface area contributed by atoms with Gasteiger partial charge in [-0.15, -0.1) is 0 Å². The Morgan fingerprint density at radius 1 is 1.09 bits per heavy atom. The highest BCUT2D eigenvalue weighted by Gasteiger charge is 2.43. The molecule has 1 aliphatic carbocycles. The van der Waals surface area contributed by atoms with Gasteiger partial charge in [-0.3, -0.25) is 4.79 Å². The fourth-order valence-corrected chi connectivity index (χ4v) is 4.51. The van der Waals surface area contributed by atoms with E-state index in [4.69, 9.17) is 9.26 Å². The zero-order valence-electron chi connectivity index (χ0n) is 19.9. The summed E-state index contributed by atoms with van der Waals surface area (Å²) in [4.78, 5) is 12.8. The highest BCUT2D eigenvalue weighted by Crippen LogP contribution is 2.39. The largest absolute Gasteiger partial charge is 0.381 e. The van der Waals surface area contributed by atoms with Crippen molar-refractivity contribution in [1.29, 1.82) is 5.26 Å². The predicted octanol–water partition coefficient (Wildman–Crippen LogP) is 4.70. The standard InChI is InChI=1S/C28H30N4O3/c1-28(18-29,23-9-10-23)31-27(33)22-4-2-3-21(15-22)25-16-26(35-32-25)20-7-5-19(6-8-20)17-30-24-11-13-34-14-12-24/h2-8,15-16,23-24,30H,9-14,17H2,1H3,(H,31,33). The van der Waals surface area contributed by atoms with Gasteiger partial charge in [0.15, 0.2) is 5.76 Å². The number of nitriles is 1. The highest BCUT2D eigenvalue weighted by molar-refractivity contribution is 5.96.